The molecule has 0 aliphatic carbocycles. The van der Waals surface area contributed by atoms with Gasteiger partial charge < -0.3 is 0 Å². The zero-order valence-corrected chi connectivity index (χ0v) is 6.95. The van der Waals surface area contributed by atoms with Crippen LogP contribution in [0.2, 0.25) is 0 Å². The zero-order valence-electron chi connectivity index (χ0n) is 5.16. The van der Waals surface area contributed by atoms with Crippen LogP contribution in [0.4, 0.5) is 25.2 Å². The summed E-state index contributed by atoms with van der Waals surface area (Å²) in [6, 6.07) is 0. The minimum atomic E-state index is -10.7. The Labute approximate surface area is 58.2 Å². The van der Waals surface area contributed by atoms with Crippen LogP contribution >= 0.6 is 7.81 Å². The molecule has 0 radical (unpaired) electrons. The van der Waals surface area contributed by atoms with Crippen molar-refractivity contribution in [1.82, 2.24) is 0 Å². The molecule has 8 heteroatoms. The third-order valence-corrected chi connectivity index (χ3v) is 0. The first kappa shape index (κ1) is 13.0. The Hall–Kier alpha value is 0.360. The van der Waals surface area contributed by atoms with Crippen molar-refractivity contribution >= 4 is 19.6 Å². The maximum absolute atomic E-state index is 10.7. The predicted molar refractivity (Wildman–Crippen MR) is 34.2 cm³/mol. The fourth-order valence-corrected chi connectivity index (χ4v) is 0. The van der Waals surface area contributed by atoms with E-state index in [1.807, 2.05) is 0 Å². The topological polar surface area (TPSA) is 0 Å². The minimum absolute atomic E-state index is 1.42. The van der Waals surface area contributed by atoms with E-state index < -0.39 is 7.81 Å². The Balaban J connectivity index is 0. The Morgan fingerprint density at radius 2 is 0.800 bits per heavy atom. The van der Waals surface area contributed by atoms with E-state index in [0.717, 1.165) is 0 Å². The van der Waals surface area contributed by atoms with Gasteiger partial charge >= 0.3 is 33.0 Å². The molecule has 0 fully saturated rings. The van der Waals surface area contributed by atoms with Gasteiger partial charge in [0.25, 0.3) is 0 Å². The average Bonchev–Trinajstić information content (AvgIpc) is 1.20. The monoisotopic (exact) mass is 208 g/mol. The van der Waals surface area contributed by atoms with Crippen LogP contribution in [0, 0.1) is 0 Å². The number of rotatable bonds is 0. The van der Waals surface area contributed by atoms with E-state index in [-0.39, 0.29) is 0 Å². The van der Waals surface area contributed by atoms with E-state index in [9.17, 15) is 25.2 Å². The average molecular weight is 208 g/mol. The van der Waals surface area contributed by atoms with Crippen LogP contribution in [0.3, 0.4) is 0 Å². The first-order valence-corrected chi connectivity index (χ1v) is 5.73. The Kier molecular flexibility index (Phi) is 3.17. The number of halogens is 6. The molecule has 0 N–H and O–H groups in total. The molecule has 0 bridgehead atoms. The molecular formula is C2H7F6PS. The summed E-state index contributed by atoms with van der Waals surface area (Å²) in [5, 5.41) is 0. The normalized spacial score (nSPS) is 18.0. The molecule has 0 aliphatic rings. The molecule has 0 aromatic heterocycles. The summed E-state index contributed by atoms with van der Waals surface area (Å²) in [6.07, 6.45) is 4.19. The van der Waals surface area contributed by atoms with Crippen molar-refractivity contribution in [3.05, 3.63) is 0 Å². The maximum atomic E-state index is 9.87. The number of thiol groups is 1. The van der Waals surface area contributed by atoms with Crippen molar-refractivity contribution in [2.75, 3.05) is 12.5 Å². The summed E-state index contributed by atoms with van der Waals surface area (Å²) in [5.74, 6) is 0. The van der Waals surface area contributed by atoms with Gasteiger partial charge in [-0.15, -0.1) is 0 Å². The van der Waals surface area contributed by atoms with Crippen molar-refractivity contribution in [3.63, 3.8) is 0 Å². The van der Waals surface area contributed by atoms with E-state index in [2.05, 4.69) is 12.5 Å². The quantitative estimate of drug-likeness (QED) is 0.247. The summed E-state index contributed by atoms with van der Waals surface area (Å²) in [4.78, 5) is 0. The second-order valence-corrected chi connectivity index (χ2v) is 4.22. The molecule has 0 saturated heterocycles. The van der Waals surface area contributed by atoms with Crippen LogP contribution in [0.1, 0.15) is 0 Å². The molecule has 0 spiro atoms. The fraction of sp³-hybridized carbons (Fsp3) is 1.00. The SMILES string of the molecule is C[SH+]C.F[P-](F)(F)(F)(F)F. The summed E-state index contributed by atoms with van der Waals surface area (Å²) in [5.41, 5.74) is 0. The van der Waals surface area contributed by atoms with Crippen LogP contribution in [-0.4, -0.2) is 12.5 Å². The molecule has 10 heavy (non-hydrogen) atoms. The number of hydrogen-bond acceptors (Lipinski definition) is 0. The molecule has 68 valence electrons. The molecule has 0 saturated carbocycles. The van der Waals surface area contributed by atoms with Crippen LogP contribution in [-0.2, 0) is 11.8 Å². The fourth-order valence-electron chi connectivity index (χ4n) is 0. The molecule has 0 atom stereocenters. The van der Waals surface area contributed by atoms with Gasteiger partial charge in [-0.2, -0.15) is 0 Å². The third-order valence-electron chi connectivity index (χ3n) is 0. The second kappa shape index (κ2) is 2.44. The van der Waals surface area contributed by atoms with E-state index in [1.165, 1.54) is 11.8 Å². The Morgan fingerprint density at radius 1 is 0.800 bits per heavy atom. The zero-order chi connectivity index (χ0) is 9.12. The van der Waals surface area contributed by atoms with Crippen molar-refractivity contribution in [2.45, 2.75) is 0 Å². The van der Waals surface area contributed by atoms with Crippen LogP contribution in [0.15, 0.2) is 0 Å². The summed E-state index contributed by atoms with van der Waals surface area (Å²) in [7, 11) is -10.7. The molecule has 0 heterocycles. The standard InChI is InChI=1S/C2H6S.F6P/c1-3-2;1-7(2,3,4,5)6/h1-2H3;/q;-1/p+1. The van der Waals surface area contributed by atoms with Crippen LogP contribution < -0.4 is 0 Å². The van der Waals surface area contributed by atoms with Crippen LogP contribution in [0.5, 0.6) is 0 Å². The van der Waals surface area contributed by atoms with Gasteiger partial charge in [-0.25, -0.2) is 0 Å². The summed E-state index contributed by atoms with van der Waals surface area (Å²) in [6.45, 7) is 0. The predicted octanol–water partition coefficient (Wildman–Crippen LogP) is 3.44. The van der Waals surface area contributed by atoms with Crippen molar-refractivity contribution in [1.29, 1.82) is 0 Å². The van der Waals surface area contributed by atoms with E-state index >= 15 is 0 Å². The molecule has 0 nitrogen and oxygen atoms in total. The van der Waals surface area contributed by atoms with Gasteiger partial charge in [-0.05, 0) is 11.8 Å². The molecule has 0 amide bonds. The summed E-state index contributed by atoms with van der Waals surface area (Å²) < 4.78 is 59.2. The Bertz CT molecular complexity index is 85.1. The first-order valence-electron chi connectivity index (χ1n) is 1.91. The van der Waals surface area contributed by atoms with Gasteiger partial charge in [0.15, 0.2) is 0 Å². The van der Waals surface area contributed by atoms with Gasteiger partial charge in [-0.1, -0.05) is 0 Å². The summed E-state index contributed by atoms with van der Waals surface area (Å²) >= 11 is 1.42. The third kappa shape index (κ3) is 3490. The van der Waals surface area contributed by atoms with Crippen molar-refractivity contribution in [3.8, 4) is 0 Å². The van der Waals surface area contributed by atoms with Gasteiger partial charge in [0.1, 0.15) is 0 Å². The van der Waals surface area contributed by atoms with Crippen molar-refractivity contribution < 1.29 is 25.2 Å². The van der Waals surface area contributed by atoms with Gasteiger partial charge in [0, 0.05) is 0 Å². The number of hydrogen-bond donors (Lipinski definition) is 0. The van der Waals surface area contributed by atoms with Gasteiger partial charge in [0.05, 0.1) is 12.5 Å². The molecule has 0 unspecified atom stereocenters. The molecule has 0 aliphatic heterocycles. The van der Waals surface area contributed by atoms with Crippen molar-refractivity contribution in [2.24, 2.45) is 0 Å². The second-order valence-electron chi connectivity index (χ2n) is 1.41. The molecular weight excluding hydrogens is 201 g/mol. The first-order chi connectivity index (χ1) is 3.86. The van der Waals surface area contributed by atoms with E-state index in [0.29, 0.717) is 0 Å². The van der Waals surface area contributed by atoms with Gasteiger partial charge in [-0.3, -0.25) is 0 Å². The molecule has 0 rings (SSSR count). The van der Waals surface area contributed by atoms with E-state index in [4.69, 9.17) is 0 Å². The molecule has 0 aromatic carbocycles. The molecule has 0 aromatic rings. The Morgan fingerprint density at radius 3 is 0.800 bits per heavy atom. The van der Waals surface area contributed by atoms with Crippen LogP contribution in [0.25, 0.3) is 0 Å². The van der Waals surface area contributed by atoms with Gasteiger partial charge in [0.2, 0.25) is 0 Å². The van der Waals surface area contributed by atoms with E-state index in [1.54, 1.807) is 0 Å².